The van der Waals surface area contributed by atoms with Crippen molar-refractivity contribution in [1.82, 2.24) is 14.9 Å². The molecule has 0 atom stereocenters. The van der Waals surface area contributed by atoms with Crippen molar-refractivity contribution in [2.45, 2.75) is 6.92 Å². The van der Waals surface area contributed by atoms with Crippen molar-refractivity contribution in [3.05, 3.63) is 71.9 Å². The van der Waals surface area contributed by atoms with E-state index in [-0.39, 0.29) is 0 Å². The molecule has 2 aromatic carbocycles. The van der Waals surface area contributed by atoms with Crippen LogP contribution < -0.4 is 4.90 Å². The average molecular weight is 344 g/mol. The van der Waals surface area contributed by atoms with Crippen LogP contribution in [0.3, 0.4) is 0 Å². The zero-order valence-corrected chi connectivity index (χ0v) is 15.2. The maximum atomic E-state index is 4.86. The summed E-state index contributed by atoms with van der Waals surface area (Å²) in [5.41, 5.74) is 4.22. The first kappa shape index (κ1) is 16.7. The topological polar surface area (TPSA) is 32.3 Å². The van der Waals surface area contributed by atoms with Crippen LogP contribution in [0.4, 0.5) is 5.82 Å². The zero-order chi connectivity index (χ0) is 17.8. The van der Waals surface area contributed by atoms with Crippen LogP contribution in [0.2, 0.25) is 0 Å². The second-order valence-electron chi connectivity index (χ2n) is 6.72. The van der Waals surface area contributed by atoms with E-state index in [2.05, 4.69) is 53.1 Å². The zero-order valence-electron chi connectivity index (χ0n) is 15.2. The van der Waals surface area contributed by atoms with Gasteiger partial charge in [0.2, 0.25) is 0 Å². The number of para-hydroxylation sites is 2. The summed E-state index contributed by atoms with van der Waals surface area (Å²) in [5, 5.41) is 0. The van der Waals surface area contributed by atoms with Gasteiger partial charge in [0.15, 0.2) is 5.82 Å². The van der Waals surface area contributed by atoms with Crippen molar-refractivity contribution in [2.24, 2.45) is 0 Å². The van der Waals surface area contributed by atoms with Crippen LogP contribution in [-0.2, 0) is 0 Å². The van der Waals surface area contributed by atoms with Crippen LogP contribution in [0.25, 0.3) is 17.1 Å². The van der Waals surface area contributed by atoms with Gasteiger partial charge in [0.25, 0.3) is 0 Å². The number of benzene rings is 2. The van der Waals surface area contributed by atoms with Gasteiger partial charge < -0.3 is 4.90 Å². The second-order valence-corrected chi connectivity index (χ2v) is 6.72. The molecule has 4 nitrogen and oxygen atoms in total. The summed E-state index contributed by atoms with van der Waals surface area (Å²) in [4.78, 5) is 14.4. The van der Waals surface area contributed by atoms with E-state index in [0.29, 0.717) is 0 Å². The first-order chi connectivity index (χ1) is 12.8. The fourth-order valence-corrected chi connectivity index (χ4v) is 3.42. The Hall–Kier alpha value is -2.72. The molecule has 1 fully saturated rings. The summed E-state index contributed by atoms with van der Waals surface area (Å²) in [6.45, 7) is 7.13. The lowest BCUT2D eigenvalue weighted by atomic mass is 10.2. The SMILES string of the molecule is Cc1nc2ccccc2nc1N1CCN(C/C=C/c2ccccc2)CC1. The minimum atomic E-state index is 0.971. The Balaban J connectivity index is 1.38. The number of aryl methyl sites for hydroxylation is 1. The van der Waals surface area contributed by atoms with Crippen LogP contribution in [0.15, 0.2) is 60.7 Å². The van der Waals surface area contributed by atoms with Gasteiger partial charge in [0, 0.05) is 32.7 Å². The van der Waals surface area contributed by atoms with Gasteiger partial charge in [-0.25, -0.2) is 9.97 Å². The number of rotatable bonds is 4. The predicted octanol–water partition coefficient (Wildman–Crippen LogP) is 3.77. The molecule has 0 bridgehead atoms. The van der Waals surface area contributed by atoms with Crippen LogP contribution in [0.1, 0.15) is 11.3 Å². The number of aromatic nitrogens is 2. The Labute approximate surface area is 154 Å². The number of fused-ring (bicyclic) bond motifs is 1. The van der Waals surface area contributed by atoms with E-state index in [0.717, 1.165) is 55.3 Å². The number of nitrogens with zero attached hydrogens (tertiary/aromatic N) is 4. The quantitative estimate of drug-likeness (QED) is 0.721. The lowest BCUT2D eigenvalue weighted by Crippen LogP contribution is -2.46. The van der Waals surface area contributed by atoms with Crippen LogP contribution in [0.5, 0.6) is 0 Å². The minimum absolute atomic E-state index is 0.971. The normalized spacial score (nSPS) is 15.8. The summed E-state index contributed by atoms with van der Waals surface area (Å²) in [6.07, 6.45) is 4.46. The Kier molecular flexibility index (Phi) is 4.93. The molecule has 4 rings (SSSR count). The van der Waals surface area contributed by atoms with Gasteiger partial charge >= 0.3 is 0 Å². The van der Waals surface area contributed by atoms with Gasteiger partial charge in [-0.2, -0.15) is 0 Å². The lowest BCUT2D eigenvalue weighted by molar-refractivity contribution is 0.283. The number of piperazine rings is 1. The van der Waals surface area contributed by atoms with E-state index < -0.39 is 0 Å². The van der Waals surface area contributed by atoms with Crippen molar-refractivity contribution in [3.8, 4) is 0 Å². The Bertz CT molecular complexity index is 896. The molecule has 0 amide bonds. The lowest BCUT2D eigenvalue weighted by Gasteiger charge is -2.35. The van der Waals surface area contributed by atoms with Gasteiger partial charge in [-0.3, -0.25) is 4.90 Å². The van der Waals surface area contributed by atoms with Crippen molar-refractivity contribution in [2.75, 3.05) is 37.6 Å². The van der Waals surface area contributed by atoms with Crippen LogP contribution >= 0.6 is 0 Å². The smallest absolute Gasteiger partial charge is 0.150 e. The highest BCUT2D eigenvalue weighted by Crippen LogP contribution is 2.21. The maximum absolute atomic E-state index is 4.86. The summed E-state index contributed by atoms with van der Waals surface area (Å²) in [6, 6.07) is 18.6. The monoisotopic (exact) mass is 344 g/mol. The highest BCUT2D eigenvalue weighted by Gasteiger charge is 2.19. The summed E-state index contributed by atoms with van der Waals surface area (Å²) in [7, 11) is 0. The van der Waals surface area contributed by atoms with E-state index in [1.807, 2.05) is 30.3 Å². The molecule has 0 N–H and O–H groups in total. The van der Waals surface area contributed by atoms with E-state index in [9.17, 15) is 0 Å². The molecule has 4 heteroatoms. The largest absolute Gasteiger partial charge is 0.353 e. The molecule has 0 unspecified atom stereocenters. The molecule has 132 valence electrons. The first-order valence-electron chi connectivity index (χ1n) is 9.22. The van der Waals surface area contributed by atoms with Gasteiger partial charge in [0.05, 0.1) is 16.7 Å². The Morgan fingerprint density at radius 2 is 1.50 bits per heavy atom. The standard InChI is InChI=1S/C22H24N4/c1-18-22(24-21-12-6-5-11-20(21)23-18)26-16-14-25(15-17-26)13-7-10-19-8-3-2-4-9-19/h2-12H,13-17H2,1H3/b10-7+. The molecule has 0 spiro atoms. The number of hydrogen-bond acceptors (Lipinski definition) is 4. The minimum Gasteiger partial charge on any atom is -0.353 e. The van der Waals surface area contributed by atoms with Gasteiger partial charge in [-0.05, 0) is 24.6 Å². The Morgan fingerprint density at radius 3 is 2.23 bits per heavy atom. The molecule has 3 aromatic rings. The molecule has 1 saturated heterocycles. The summed E-state index contributed by atoms with van der Waals surface area (Å²) < 4.78 is 0. The third-order valence-corrected chi connectivity index (χ3v) is 4.87. The molecule has 2 heterocycles. The van der Waals surface area contributed by atoms with E-state index in [1.54, 1.807) is 0 Å². The highest BCUT2D eigenvalue weighted by molar-refractivity contribution is 5.76. The van der Waals surface area contributed by atoms with E-state index in [1.165, 1.54) is 5.56 Å². The molecule has 26 heavy (non-hydrogen) atoms. The van der Waals surface area contributed by atoms with Crippen LogP contribution in [0, 0.1) is 6.92 Å². The van der Waals surface area contributed by atoms with Crippen molar-refractivity contribution < 1.29 is 0 Å². The number of anilines is 1. The molecule has 1 aliphatic heterocycles. The molecular formula is C22H24N4. The molecule has 1 aliphatic rings. The van der Waals surface area contributed by atoms with E-state index in [4.69, 9.17) is 9.97 Å². The molecule has 1 aromatic heterocycles. The van der Waals surface area contributed by atoms with Crippen molar-refractivity contribution in [1.29, 1.82) is 0 Å². The maximum Gasteiger partial charge on any atom is 0.150 e. The van der Waals surface area contributed by atoms with Gasteiger partial charge in [-0.1, -0.05) is 54.6 Å². The Morgan fingerprint density at radius 1 is 0.846 bits per heavy atom. The molecule has 0 saturated carbocycles. The third-order valence-electron chi connectivity index (χ3n) is 4.87. The van der Waals surface area contributed by atoms with Crippen molar-refractivity contribution in [3.63, 3.8) is 0 Å². The fourth-order valence-electron chi connectivity index (χ4n) is 3.42. The average Bonchev–Trinajstić information content (AvgIpc) is 2.69. The van der Waals surface area contributed by atoms with Gasteiger partial charge in [-0.15, -0.1) is 0 Å². The fraction of sp³-hybridized carbons (Fsp3) is 0.273. The molecule has 0 radical (unpaired) electrons. The first-order valence-corrected chi connectivity index (χ1v) is 9.22. The van der Waals surface area contributed by atoms with Crippen molar-refractivity contribution >= 4 is 22.9 Å². The molecule has 0 aliphatic carbocycles. The third kappa shape index (κ3) is 3.75. The predicted molar refractivity (Wildman–Crippen MR) is 108 cm³/mol. The summed E-state index contributed by atoms with van der Waals surface area (Å²) in [5.74, 6) is 1.03. The number of hydrogen-bond donors (Lipinski definition) is 0. The van der Waals surface area contributed by atoms with Gasteiger partial charge in [0.1, 0.15) is 0 Å². The second kappa shape index (κ2) is 7.67. The highest BCUT2D eigenvalue weighted by atomic mass is 15.3. The van der Waals surface area contributed by atoms with E-state index >= 15 is 0 Å². The molecular weight excluding hydrogens is 320 g/mol. The summed E-state index contributed by atoms with van der Waals surface area (Å²) >= 11 is 0. The van der Waals surface area contributed by atoms with Crippen LogP contribution in [-0.4, -0.2) is 47.6 Å².